The fourth-order valence-electron chi connectivity index (χ4n) is 2.27. The summed E-state index contributed by atoms with van der Waals surface area (Å²) in [6.07, 6.45) is 2.10. The first-order chi connectivity index (χ1) is 11.2. The summed E-state index contributed by atoms with van der Waals surface area (Å²) in [6, 6.07) is 9.76. The first-order valence-corrected chi connectivity index (χ1v) is 7.68. The van der Waals surface area contributed by atoms with Crippen molar-refractivity contribution >= 4 is 11.9 Å². The summed E-state index contributed by atoms with van der Waals surface area (Å²) in [7, 11) is 1.64. The lowest BCUT2D eigenvalue weighted by atomic mass is 10.2. The summed E-state index contributed by atoms with van der Waals surface area (Å²) in [5, 5.41) is 6.10. The van der Waals surface area contributed by atoms with Gasteiger partial charge in [-0.1, -0.05) is 18.2 Å². The minimum absolute atomic E-state index is 0.140. The number of anilines is 1. The molecule has 120 valence electrons. The van der Waals surface area contributed by atoms with Gasteiger partial charge in [0.05, 0.1) is 7.11 Å². The lowest BCUT2D eigenvalue weighted by molar-refractivity contribution is 0.0946. The number of benzene rings is 1. The average Bonchev–Trinajstić information content (AvgIpc) is 3.36. The van der Waals surface area contributed by atoms with Crippen LogP contribution in [0.25, 0.3) is 0 Å². The molecule has 0 unspecified atom stereocenters. The molecule has 1 aromatic carbocycles. The smallest absolute Gasteiger partial charge is 0.270 e. The molecule has 2 N–H and O–H groups in total. The average molecular weight is 312 g/mol. The Kier molecular flexibility index (Phi) is 4.41. The Labute approximate surface area is 135 Å². The number of carbonyl (C=O) groups is 1. The fraction of sp³-hybridized carbons (Fsp3) is 0.353. The zero-order valence-corrected chi connectivity index (χ0v) is 13.3. The third-order valence-electron chi connectivity index (χ3n) is 3.63. The molecule has 1 heterocycles. The van der Waals surface area contributed by atoms with Gasteiger partial charge >= 0.3 is 0 Å². The maximum absolute atomic E-state index is 12.1. The maximum Gasteiger partial charge on any atom is 0.270 e. The van der Waals surface area contributed by atoms with Gasteiger partial charge in [0, 0.05) is 23.8 Å². The largest absolute Gasteiger partial charge is 0.496 e. The van der Waals surface area contributed by atoms with Crippen molar-refractivity contribution in [3.63, 3.8) is 0 Å². The second-order valence-electron chi connectivity index (χ2n) is 5.63. The van der Waals surface area contributed by atoms with Crippen molar-refractivity contribution in [2.45, 2.75) is 32.4 Å². The molecule has 6 heteroatoms. The van der Waals surface area contributed by atoms with Gasteiger partial charge in [0.2, 0.25) is 5.95 Å². The molecule has 0 atom stereocenters. The number of ether oxygens (including phenoxy) is 1. The first kappa shape index (κ1) is 15.3. The molecule has 23 heavy (non-hydrogen) atoms. The molecule has 3 rings (SSSR count). The maximum atomic E-state index is 12.1. The lowest BCUT2D eigenvalue weighted by Gasteiger charge is -2.11. The number of methoxy groups -OCH3 is 1. The van der Waals surface area contributed by atoms with E-state index in [0.717, 1.165) is 29.8 Å². The van der Waals surface area contributed by atoms with Gasteiger partial charge in [0.1, 0.15) is 11.4 Å². The highest BCUT2D eigenvalue weighted by Crippen LogP contribution is 2.20. The number of nitrogens with zero attached hydrogens (tertiary/aromatic N) is 2. The topological polar surface area (TPSA) is 76.1 Å². The molecule has 1 aliphatic carbocycles. The number of amides is 1. The molecule has 2 aromatic rings. The predicted molar refractivity (Wildman–Crippen MR) is 87.6 cm³/mol. The van der Waals surface area contributed by atoms with Gasteiger partial charge in [0.15, 0.2) is 0 Å². The van der Waals surface area contributed by atoms with Crippen LogP contribution in [0.15, 0.2) is 30.3 Å². The van der Waals surface area contributed by atoms with Gasteiger partial charge in [-0.25, -0.2) is 9.97 Å². The molecular weight excluding hydrogens is 292 g/mol. The number of nitrogens with one attached hydrogen (secondary N) is 2. The highest BCUT2D eigenvalue weighted by atomic mass is 16.5. The Hall–Kier alpha value is -2.63. The van der Waals surface area contributed by atoms with Crippen molar-refractivity contribution < 1.29 is 9.53 Å². The van der Waals surface area contributed by atoms with E-state index in [0.29, 0.717) is 24.2 Å². The molecule has 1 amide bonds. The van der Waals surface area contributed by atoms with Crippen LogP contribution in [0.1, 0.15) is 34.6 Å². The second-order valence-corrected chi connectivity index (χ2v) is 5.63. The minimum atomic E-state index is -0.140. The first-order valence-electron chi connectivity index (χ1n) is 7.68. The van der Waals surface area contributed by atoms with Crippen LogP contribution in [0.3, 0.4) is 0 Å². The molecule has 1 fully saturated rings. The number of carbonyl (C=O) groups excluding carboxylic acids is 1. The Balaban J connectivity index is 1.72. The normalized spacial score (nSPS) is 13.5. The SMILES string of the molecule is COc1ccccc1CNc1nc(C)cc(C(=O)NC2CC2)n1. The number of hydrogen-bond acceptors (Lipinski definition) is 5. The highest BCUT2D eigenvalue weighted by Gasteiger charge is 2.24. The quantitative estimate of drug-likeness (QED) is 0.856. The Bertz CT molecular complexity index is 713. The van der Waals surface area contributed by atoms with Crippen LogP contribution in [0.5, 0.6) is 5.75 Å². The van der Waals surface area contributed by atoms with Crippen LogP contribution in [0.2, 0.25) is 0 Å². The van der Waals surface area contributed by atoms with Gasteiger partial charge in [-0.05, 0) is 31.9 Å². The molecule has 0 bridgehead atoms. The molecule has 0 spiro atoms. The van der Waals surface area contributed by atoms with Crippen LogP contribution in [-0.4, -0.2) is 29.0 Å². The predicted octanol–water partition coefficient (Wildman–Crippen LogP) is 2.30. The van der Waals surface area contributed by atoms with E-state index in [9.17, 15) is 4.79 Å². The summed E-state index contributed by atoms with van der Waals surface area (Å²) in [6.45, 7) is 2.38. The molecule has 0 saturated heterocycles. The molecule has 0 radical (unpaired) electrons. The second kappa shape index (κ2) is 6.64. The minimum Gasteiger partial charge on any atom is -0.496 e. The van der Waals surface area contributed by atoms with E-state index in [2.05, 4.69) is 20.6 Å². The van der Waals surface area contributed by atoms with Crippen molar-refractivity contribution in [3.05, 3.63) is 47.3 Å². The monoisotopic (exact) mass is 312 g/mol. The zero-order chi connectivity index (χ0) is 16.2. The molecule has 6 nitrogen and oxygen atoms in total. The highest BCUT2D eigenvalue weighted by molar-refractivity contribution is 5.93. The van der Waals surface area contributed by atoms with E-state index in [1.54, 1.807) is 13.2 Å². The van der Waals surface area contributed by atoms with Crippen molar-refractivity contribution in [3.8, 4) is 5.75 Å². The van der Waals surface area contributed by atoms with E-state index < -0.39 is 0 Å². The molecule has 1 saturated carbocycles. The molecular formula is C17H20N4O2. The van der Waals surface area contributed by atoms with E-state index >= 15 is 0 Å². The van der Waals surface area contributed by atoms with E-state index in [-0.39, 0.29) is 5.91 Å². The Morgan fingerprint density at radius 1 is 1.30 bits per heavy atom. The van der Waals surface area contributed by atoms with Gasteiger partial charge in [0.25, 0.3) is 5.91 Å². The van der Waals surface area contributed by atoms with Gasteiger partial charge in [-0.3, -0.25) is 4.79 Å². The van der Waals surface area contributed by atoms with Crippen LogP contribution < -0.4 is 15.4 Å². The van der Waals surface area contributed by atoms with E-state index in [1.807, 2.05) is 31.2 Å². The Morgan fingerprint density at radius 2 is 2.09 bits per heavy atom. The summed E-state index contributed by atoms with van der Waals surface area (Å²) >= 11 is 0. The van der Waals surface area contributed by atoms with Crippen molar-refractivity contribution in [1.29, 1.82) is 0 Å². The van der Waals surface area contributed by atoms with Crippen LogP contribution in [0, 0.1) is 6.92 Å². The van der Waals surface area contributed by atoms with Gasteiger partial charge in [-0.15, -0.1) is 0 Å². The van der Waals surface area contributed by atoms with Gasteiger partial charge < -0.3 is 15.4 Å². The third-order valence-corrected chi connectivity index (χ3v) is 3.63. The summed E-state index contributed by atoms with van der Waals surface area (Å²) in [4.78, 5) is 20.8. The number of rotatable bonds is 6. The Morgan fingerprint density at radius 3 is 2.83 bits per heavy atom. The molecule has 0 aliphatic heterocycles. The lowest BCUT2D eigenvalue weighted by Crippen LogP contribution is -2.26. The zero-order valence-electron chi connectivity index (χ0n) is 13.3. The van der Waals surface area contributed by atoms with Crippen LogP contribution in [0.4, 0.5) is 5.95 Å². The van der Waals surface area contributed by atoms with Gasteiger partial charge in [-0.2, -0.15) is 0 Å². The molecule has 1 aliphatic rings. The van der Waals surface area contributed by atoms with E-state index in [1.165, 1.54) is 0 Å². The molecule has 1 aromatic heterocycles. The number of aromatic nitrogens is 2. The number of para-hydroxylation sites is 1. The summed E-state index contributed by atoms with van der Waals surface area (Å²) in [5.41, 5.74) is 2.15. The van der Waals surface area contributed by atoms with Crippen LogP contribution in [-0.2, 0) is 6.54 Å². The standard InChI is InChI=1S/C17H20N4O2/c1-11-9-14(16(22)20-13-7-8-13)21-17(19-11)18-10-12-5-3-4-6-15(12)23-2/h3-6,9,13H,7-8,10H2,1-2H3,(H,20,22)(H,18,19,21). The van der Waals surface area contributed by atoms with Crippen molar-refractivity contribution in [2.24, 2.45) is 0 Å². The third kappa shape index (κ3) is 3.97. The van der Waals surface area contributed by atoms with Crippen molar-refractivity contribution in [2.75, 3.05) is 12.4 Å². The van der Waals surface area contributed by atoms with E-state index in [4.69, 9.17) is 4.74 Å². The van der Waals surface area contributed by atoms with Crippen molar-refractivity contribution in [1.82, 2.24) is 15.3 Å². The number of aryl methyl sites for hydroxylation is 1. The van der Waals surface area contributed by atoms with Crippen LogP contribution >= 0.6 is 0 Å². The fourth-order valence-corrected chi connectivity index (χ4v) is 2.27. The number of hydrogen-bond donors (Lipinski definition) is 2. The summed E-state index contributed by atoms with van der Waals surface area (Å²) < 4.78 is 5.33. The summed E-state index contributed by atoms with van der Waals surface area (Å²) in [5.74, 6) is 1.11.